The van der Waals surface area contributed by atoms with Gasteiger partial charge in [-0.15, -0.1) is 23.2 Å². The quantitative estimate of drug-likeness (QED) is 0.856. The molecular weight excluding hydrogens is 319 g/mol. The minimum atomic E-state index is -3.72. The van der Waals surface area contributed by atoms with Gasteiger partial charge in [-0.05, 0) is 19.1 Å². The van der Waals surface area contributed by atoms with Crippen LogP contribution >= 0.6 is 23.2 Å². The number of rotatable bonds is 5. The monoisotopic (exact) mass is 332 g/mol. The zero-order chi connectivity index (χ0) is 14.8. The van der Waals surface area contributed by atoms with Crippen molar-refractivity contribution in [3.05, 3.63) is 36.7 Å². The third kappa shape index (κ3) is 3.06. The van der Waals surface area contributed by atoms with E-state index in [2.05, 4.69) is 9.71 Å². The number of pyridine rings is 1. The molecule has 0 atom stereocenters. The Kier molecular flexibility index (Phi) is 4.54. The van der Waals surface area contributed by atoms with Gasteiger partial charge in [-0.1, -0.05) is 12.1 Å². The van der Waals surface area contributed by atoms with Gasteiger partial charge in [0, 0.05) is 34.9 Å². The molecule has 2 aromatic rings. The number of benzene rings is 1. The molecule has 20 heavy (non-hydrogen) atoms. The van der Waals surface area contributed by atoms with Crippen LogP contribution in [0.3, 0.4) is 0 Å². The SMILES string of the molecule is CC(CCl)(CCl)NS(=O)(=O)c1cccc2cnccc12. The molecule has 0 aliphatic carbocycles. The lowest BCUT2D eigenvalue weighted by molar-refractivity contribution is 0.501. The van der Waals surface area contributed by atoms with Gasteiger partial charge in [0.2, 0.25) is 10.0 Å². The first-order valence-electron chi connectivity index (χ1n) is 5.90. The van der Waals surface area contributed by atoms with Crippen molar-refractivity contribution in [1.82, 2.24) is 9.71 Å². The number of hydrogen-bond donors (Lipinski definition) is 1. The van der Waals surface area contributed by atoms with Crippen molar-refractivity contribution < 1.29 is 8.42 Å². The number of hydrogen-bond acceptors (Lipinski definition) is 3. The third-order valence-electron chi connectivity index (χ3n) is 2.90. The number of fused-ring (bicyclic) bond motifs is 1. The normalized spacial score (nSPS) is 12.8. The molecule has 1 heterocycles. The second-order valence-corrected chi connectivity index (χ2v) is 6.97. The van der Waals surface area contributed by atoms with Crippen LogP contribution in [0, 0.1) is 0 Å². The summed E-state index contributed by atoms with van der Waals surface area (Å²) in [6, 6.07) is 6.71. The first-order chi connectivity index (χ1) is 9.42. The highest BCUT2D eigenvalue weighted by Crippen LogP contribution is 2.23. The van der Waals surface area contributed by atoms with E-state index >= 15 is 0 Å². The Hall–Kier alpha value is -0.880. The van der Waals surface area contributed by atoms with Crippen LogP contribution < -0.4 is 4.72 Å². The van der Waals surface area contributed by atoms with Gasteiger partial charge >= 0.3 is 0 Å². The van der Waals surface area contributed by atoms with Crippen molar-refractivity contribution in [2.45, 2.75) is 17.4 Å². The molecule has 0 aliphatic heterocycles. The largest absolute Gasteiger partial charge is 0.264 e. The molecule has 0 fully saturated rings. The van der Waals surface area contributed by atoms with Crippen molar-refractivity contribution in [2.24, 2.45) is 0 Å². The Bertz CT molecular complexity index is 710. The molecule has 0 aliphatic rings. The van der Waals surface area contributed by atoms with Gasteiger partial charge < -0.3 is 0 Å². The number of halogens is 2. The predicted octanol–water partition coefficient (Wildman–Crippen LogP) is 2.75. The lowest BCUT2D eigenvalue weighted by Gasteiger charge is -2.25. The molecule has 7 heteroatoms. The second kappa shape index (κ2) is 5.85. The number of sulfonamides is 1. The molecule has 1 aromatic heterocycles. The Labute approximate surface area is 128 Å². The van der Waals surface area contributed by atoms with Gasteiger partial charge in [0.1, 0.15) is 0 Å². The molecule has 0 saturated heterocycles. The maximum Gasteiger partial charge on any atom is 0.241 e. The van der Waals surface area contributed by atoms with Crippen LogP contribution in [0.4, 0.5) is 0 Å². The summed E-state index contributed by atoms with van der Waals surface area (Å²) in [7, 11) is -3.72. The first-order valence-corrected chi connectivity index (χ1v) is 8.46. The van der Waals surface area contributed by atoms with Crippen molar-refractivity contribution in [1.29, 1.82) is 0 Å². The summed E-state index contributed by atoms with van der Waals surface area (Å²) in [5.41, 5.74) is -0.892. The molecule has 0 bridgehead atoms. The van der Waals surface area contributed by atoms with Crippen LogP contribution in [0.1, 0.15) is 6.92 Å². The van der Waals surface area contributed by atoms with E-state index in [1.165, 1.54) is 0 Å². The highest BCUT2D eigenvalue weighted by molar-refractivity contribution is 7.89. The summed E-state index contributed by atoms with van der Waals surface area (Å²) in [5.74, 6) is 0.171. The van der Waals surface area contributed by atoms with Crippen molar-refractivity contribution >= 4 is 44.0 Å². The summed E-state index contributed by atoms with van der Waals surface area (Å²) in [6.45, 7) is 1.66. The lowest BCUT2D eigenvalue weighted by atomic mass is 10.1. The molecule has 0 unspecified atom stereocenters. The van der Waals surface area contributed by atoms with Crippen LogP contribution in [0.2, 0.25) is 0 Å². The fourth-order valence-corrected chi connectivity index (χ4v) is 4.01. The van der Waals surface area contributed by atoms with E-state index in [9.17, 15) is 8.42 Å². The molecule has 0 saturated carbocycles. The van der Waals surface area contributed by atoms with E-state index < -0.39 is 15.6 Å². The molecule has 1 N–H and O–H groups in total. The summed E-state index contributed by atoms with van der Waals surface area (Å²) >= 11 is 11.6. The summed E-state index contributed by atoms with van der Waals surface area (Å²) in [4.78, 5) is 4.18. The number of alkyl halides is 2. The zero-order valence-corrected chi connectivity index (χ0v) is 13.1. The number of nitrogens with one attached hydrogen (secondary N) is 1. The van der Waals surface area contributed by atoms with E-state index in [-0.39, 0.29) is 16.7 Å². The van der Waals surface area contributed by atoms with Crippen LogP contribution in [0.25, 0.3) is 10.8 Å². The maximum atomic E-state index is 12.5. The van der Waals surface area contributed by atoms with E-state index in [1.807, 2.05) is 6.07 Å². The molecule has 4 nitrogen and oxygen atoms in total. The fourth-order valence-electron chi connectivity index (χ4n) is 1.80. The maximum absolute atomic E-state index is 12.5. The van der Waals surface area contributed by atoms with E-state index in [1.54, 1.807) is 37.5 Å². The first kappa shape index (κ1) is 15.5. The summed E-state index contributed by atoms with van der Waals surface area (Å²) in [6.07, 6.45) is 3.18. The molecule has 2 rings (SSSR count). The Morgan fingerprint density at radius 2 is 1.95 bits per heavy atom. The Balaban J connectivity index is 2.53. The average Bonchev–Trinajstić information content (AvgIpc) is 2.46. The van der Waals surface area contributed by atoms with E-state index in [4.69, 9.17) is 23.2 Å². The minimum Gasteiger partial charge on any atom is -0.264 e. The highest BCUT2D eigenvalue weighted by atomic mass is 35.5. The van der Waals surface area contributed by atoms with E-state index in [0.29, 0.717) is 5.39 Å². The predicted molar refractivity (Wildman–Crippen MR) is 81.9 cm³/mol. The smallest absolute Gasteiger partial charge is 0.241 e. The van der Waals surface area contributed by atoms with Gasteiger partial charge in [-0.3, -0.25) is 4.98 Å². The molecule has 0 amide bonds. The van der Waals surface area contributed by atoms with Crippen LogP contribution in [0.5, 0.6) is 0 Å². The Morgan fingerprint density at radius 3 is 2.60 bits per heavy atom. The molecule has 108 valence electrons. The van der Waals surface area contributed by atoms with Crippen LogP contribution in [-0.2, 0) is 10.0 Å². The number of aromatic nitrogens is 1. The molecule has 0 radical (unpaired) electrons. The molecular formula is C13H14Cl2N2O2S. The van der Waals surface area contributed by atoms with Crippen molar-refractivity contribution in [2.75, 3.05) is 11.8 Å². The van der Waals surface area contributed by atoms with Crippen LogP contribution in [0.15, 0.2) is 41.6 Å². The third-order valence-corrected chi connectivity index (χ3v) is 5.78. The van der Waals surface area contributed by atoms with Crippen molar-refractivity contribution in [3.8, 4) is 0 Å². The standard InChI is InChI=1S/C13H14Cl2N2O2S/c1-13(8-14,9-15)17-20(18,19)12-4-2-3-10-7-16-6-5-11(10)12/h2-7,17H,8-9H2,1H3. The summed E-state index contributed by atoms with van der Waals surface area (Å²) < 4.78 is 27.6. The number of nitrogens with zero attached hydrogens (tertiary/aromatic N) is 1. The molecule has 0 spiro atoms. The average molecular weight is 333 g/mol. The summed E-state index contributed by atoms with van der Waals surface area (Å²) in [5, 5.41) is 1.37. The highest BCUT2D eigenvalue weighted by Gasteiger charge is 2.30. The lowest BCUT2D eigenvalue weighted by Crippen LogP contribution is -2.49. The molecule has 1 aromatic carbocycles. The Morgan fingerprint density at radius 1 is 1.25 bits per heavy atom. The van der Waals surface area contributed by atoms with Crippen molar-refractivity contribution in [3.63, 3.8) is 0 Å². The second-order valence-electron chi connectivity index (χ2n) is 4.79. The topological polar surface area (TPSA) is 59.1 Å². The van der Waals surface area contributed by atoms with Gasteiger partial charge in [0.25, 0.3) is 0 Å². The minimum absolute atomic E-state index is 0.0854. The van der Waals surface area contributed by atoms with Gasteiger partial charge in [0.15, 0.2) is 0 Å². The van der Waals surface area contributed by atoms with E-state index in [0.717, 1.165) is 5.39 Å². The fraction of sp³-hybridized carbons (Fsp3) is 0.308. The van der Waals surface area contributed by atoms with Gasteiger partial charge in [0.05, 0.1) is 10.4 Å². The van der Waals surface area contributed by atoms with Gasteiger partial charge in [-0.25, -0.2) is 13.1 Å². The van der Waals surface area contributed by atoms with Crippen LogP contribution in [-0.4, -0.2) is 30.7 Å². The zero-order valence-electron chi connectivity index (χ0n) is 10.8. The van der Waals surface area contributed by atoms with Gasteiger partial charge in [-0.2, -0.15) is 0 Å².